The van der Waals surface area contributed by atoms with Gasteiger partial charge in [-0.25, -0.2) is 0 Å². The second kappa shape index (κ2) is 4.46. The molecule has 0 spiro atoms. The molecule has 0 heterocycles. The molecule has 0 bridgehead atoms. The SMILES string of the molecule is CC(C1CC1)N(C)C(=O)c1cccc(Cl)c1. The molecule has 2 nitrogen and oxygen atoms in total. The lowest BCUT2D eigenvalue weighted by Gasteiger charge is -2.25. The number of rotatable bonds is 3. The van der Waals surface area contributed by atoms with E-state index < -0.39 is 0 Å². The normalized spacial score (nSPS) is 16.9. The second-order valence-electron chi connectivity index (χ2n) is 4.50. The van der Waals surface area contributed by atoms with Crippen molar-refractivity contribution in [2.75, 3.05) is 7.05 Å². The van der Waals surface area contributed by atoms with E-state index in [1.165, 1.54) is 12.8 Å². The molecule has 1 aliphatic carbocycles. The van der Waals surface area contributed by atoms with Crippen molar-refractivity contribution in [3.05, 3.63) is 34.9 Å². The molecular formula is C13H16ClNO. The number of halogens is 1. The van der Waals surface area contributed by atoms with Crippen LogP contribution in [0.5, 0.6) is 0 Å². The predicted octanol–water partition coefficient (Wildman–Crippen LogP) is 3.21. The summed E-state index contributed by atoms with van der Waals surface area (Å²) in [5, 5.41) is 0.610. The van der Waals surface area contributed by atoms with Crippen LogP contribution in [0, 0.1) is 5.92 Å². The molecule has 0 radical (unpaired) electrons. The first-order valence-electron chi connectivity index (χ1n) is 5.62. The molecule has 2 rings (SSSR count). The zero-order chi connectivity index (χ0) is 11.7. The van der Waals surface area contributed by atoms with Crippen LogP contribution in [0.2, 0.25) is 5.02 Å². The van der Waals surface area contributed by atoms with E-state index in [9.17, 15) is 4.79 Å². The largest absolute Gasteiger partial charge is 0.339 e. The number of hydrogen-bond donors (Lipinski definition) is 0. The second-order valence-corrected chi connectivity index (χ2v) is 4.94. The highest BCUT2D eigenvalue weighted by atomic mass is 35.5. The molecule has 1 unspecified atom stereocenters. The maximum Gasteiger partial charge on any atom is 0.253 e. The lowest BCUT2D eigenvalue weighted by molar-refractivity contribution is 0.0727. The van der Waals surface area contributed by atoms with Gasteiger partial charge in [-0.15, -0.1) is 0 Å². The maximum atomic E-state index is 12.1. The van der Waals surface area contributed by atoms with Gasteiger partial charge in [0, 0.05) is 23.7 Å². The van der Waals surface area contributed by atoms with Gasteiger partial charge in [-0.1, -0.05) is 17.7 Å². The minimum Gasteiger partial charge on any atom is -0.339 e. The Morgan fingerprint density at radius 2 is 2.19 bits per heavy atom. The molecule has 1 fully saturated rings. The van der Waals surface area contributed by atoms with Crippen LogP contribution in [0.25, 0.3) is 0 Å². The van der Waals surface area contributed by atoms with Gasteiger partial charge in [-0.05, 0) is 43.9 Å². The van der Waals surface area contributed by atoms with Crippen molar-refractivity contribution in [1.29, 1.82) is 0 Å². The molecule has 1 atom stereocenters. The summed E-state index contributed by atoms with van der Waals surface area (Å²) < 4.78 is 0. The van der Waals surface area contributed by atoms with Gasteiger partial charge in [0.2, 0.25) is 0 Å². The van der Waals surface area contributed by atoms with E-state index in [2.05, 4.69) is 6.92 Å². The number of benzene rings is 1. The van der Waals surface area contributed by atoms with Crippen LogP contribution in [0.3, 0.4) is 0 Å². The third kappa shape index (κ3) is 2.38. The Labute approximate surface area is 101 Å². The van der Waals surface area contributed by atoms with Crippen molar-refractivity contribution < 1.29 is 4.79 Å². The lowest BCUT2D eigenvalue weighted by Crippen LogP contribution is -2.36. The molecule has 0 N–H and O–H groups in total. The first-order valence-corrected chi connectivity index (χ1v) is 6.00. The molecule has 0 saturated heterocycles. The van der Waals surface area contributed by atoms with Crippen LogP contribution >= 0.6 is 11.6 Å². The van der Waals surface area contributed by atoms with Gasteiger partial charge in [-0.3, -0.25) is 4.79 Å². The Balaban J connectivity index is 2.11. The number of hydrogen-bond acceptors (Lipinski definition) is 1. The summed E-state index contributed by atoms with van der Waals surface area (Å²) in [4.78, 5) is 14.0. The molecule has 1 aromatic carbocycles. The minimum absolute atomic E-state index is 0.0573. The molecule has 1 amide bonds. The van der Waals surface area contributed by atoms with Gasteiger partial charge in [0.25, 0.3) is 5.91 Å². The van der Waals surface area contributed by atoms with Crippen molar-refractivity contribution in [2.45, 2.75) is 25.8 Å². The predicted molar refractivity (Wildman–Crippen MR) is 65.7 cm³/mol. The monoisotopic (exact) mass is 237 g/mol. The van der Waals surface area contributed by atoms with E-state index in [0.29, 0.717) is 22.5 Å². The first-order chi connectivity index (χ1) is 7.59. The summed E-state index contributed by atoms with van der Waals surface area (Å²) in [7, 11) is 1.87. The summed E-state index contributed by atoms with van der Waals surface area (Å²) in [5.74, 6) is 0.745. The zero-order valence-electron chi connectivity index (χ0n) is 9.61. The van der Waals surface area contributed by atoms with Gasteiger partial charge in [0.15, 0.2) is 0 Å². The highest BCUT2D eigenvalue weighted by Gasteiger charge is 2.32. The van der Waals surface area contributed by atoms with Crippen LogP contribution in [0.1, 0.15) is 30.1 Å². The molecule has 3 heteroatoms. The topological polar surface area (TPSA) is 20.3 Å². The van der Waals surface area contributed by atoms with E-state index in [1.807, 2.05) is 24.1 Å². The van der Waals surface area contributed by atoms with Crippen molar-refractivity contribution in [3.63, 3.8) is 0 Å². The fraction of sp³-hybridized carbons (Fsp3) is 0.462. The van der Waals surface area contributed by atoms with Crippen molar-refractivity contribution in [1.82, 2.24) is 4.90 Å². The Morgan fingerprint density at radius 1 is 1.50 bits per heavy atom. The first kappa shape index (κ1) is 11.5. The summed E-state index contributed by atoms with van der Waals surface area (Å²) in [6.07, 6.45) is 2.49. The van der Waals surface area contributed by atoms with Crippen LogP contribution in [0.4, 0.5) is 0 Å². The standard InChI is InChI=1S/C13H16ClNO/c1-9(10-6-7-10)15(2)13(16)11-4-3-5-12(14)8-11/h3-5,8-10H,6-7H2,1-2H3. The molecule has 1 saturated carbocycles. The number of amides is 1. The summed E-state index contributed by atoms with van der Waals surface area (Å²) in [6.45, 7) is 2.11. The van der Waals surface area contributed by atoms with E-state index in [0.717, 1.165) is 0 Å². The lowest BCUT2D eigenvalue weighted by atomic mass is 10.1. The minimum atomic E-state index is 0.0573. The van der Waals surface area contributed by atoms with Gasteiger partial charge in [0.1, 0.15) is 0 Å². The average Bonchev–Trinajstić information content (AvgIpc) is 3.10. The fourth-order valence-electron chi connectivity index (χ4n) is 1.90. The third-order valence-electron chi connectivity index (χ3n) is 3.31. The van der Waals surface area contributed by atoms with E-state index in [1.54, 1.807) is 12.1 Å². The molecule has 0 aliphatic heterocycles. The quantitative estimate of drug-likeness (QED) is 0.791. The molecule has 1 aromatic rings. The van der Waals surface area contributed by atoms with Crippen molar-refractivity contribution in [2.24, 2.45) is 5.92 Å². The Kier molecular flexibility index (Phi) is 3.20. The molecule has 0 aromatic heterocycles. The third-order valence-corrected chi connectivity index (χ3v) is 3.54. The zero-order valence-corrected chi connectivity index (χ0v) is 10.4. The van der Waals surface area contributed by atoms with Gasteiger partial charge >= 0.3 is 0 Å². The van der Waals surface area contributed by atoms with Gasteiger partial charge in [0.05, 0.1) is 0 Å². The Morgan fingerprint density at radius 3 is 2.75 bits per heavy atom. The summed E-state index contributed by atoms with van der Waals surface area (Å²) in [6, 6.07) is 7.45. The maximum absolute atomic E-state index is 12.1. The Bertz CT molecular complexity index is 401. The molecule has 1 aliphatic rings. The fourth-order valence-corrected chi connectivity index (χ4v) is 2.10. The molecule has 16 heavy (non-hydrogen) atoms. The van der Waals surface area contributed by atoms with E-state index in [4.69, 9.17) is 11.6 Å². The van der Waals surface area contributed by atoms with Crippen LogP contribution in [-0.2, 0) is 0 Å². The summed E-state index contributed by atoms with van der Waals surface area (Å²) in [5.41, 5.74) is 0.669. The Hall–Kier alpha value is -1.02. The summed E-state index contributed by atoms with van der Waals surface area (Å²) >= 11 is 5.88. The van der Waals surface area contributed by atoms with Crippen LogP contribution < -0.4 is 0 Å². The van der Waals surface area contributed by atoms with E-state index in [-0.39, 0.29) is 5.91 Å². The highest BCUT2D eigenvalue weighted by Crippen LogP contribution is 2.35. The van der Waals surface area contributed by atoms with Crippen LogP contribution in [-0.4, -0.2) is 23.9 Å². The molecular weight excluding hydrogens is 222 g/mol. The van der Waals surface area contributed by atoms with E-state index >= 15 is 0 Å². The van der Waals surface area contributed by atoms with Crippen molar-refractivity contribution in [3.8, 4) is 0 Å². The highest BCUT2D eigenvalue weighted by molar-refractivity contribution is 6.30. The van der Waals surface area contributed by atoms with Crippen molar-refractivity contribution >= 4 is 17.5 Å². The number of nitrogens with zero attached hydrogens (tertiary/aromatic N) is 1. The number of carbonyl (C=O) groups excluding carboxylic acids is 1. The van der Waals surface area contributed by atoms with Gasteiger partial charge < -0.3 is 4.90 Å². The average molecular weight is 238 g/mol. The smallest absolute Gasteiger partial charge is 0.253 e. The number of carbonyl (C=O) groups is 1. The van der Waals surface area contributed by atoms with Gasteiger partial charge in [-0.2, -0.15) is 0 Å². The molecule has 86 valence electrons. The van der Waals surface area contributed by atoms with Crippen LogP contribution in [0.15, 0.2) is 24.3 Å².